The third-order valence-electron chi connectivity index (χ3n) is 6.39. The number of halogens is 2. The van der Waals surface area contributed by atoms with Gasteiger partial charge >= 0.3 is 5.97 Å². The highest BCUT2D eigenvalue weighted by Crippen LogP contribution is 2.37. The predicted octanol–water partition coefficient (Wildman–Crippen LogP) is 5.41. The first kappa shape index (κ1) is 27.9. The molecule has 7 nitrogen and oxygen atoms in total. The summed E-state index contributed by atoms with van der Waals surface area (Å²) in [6.07, 6.45) is 1.77. The number of carbonyl (C=O) groups is 1. The average molecular weight is 640 g/mol. The number of fused-ring (bicyclic) bond motifs is 1. The van der Waals surface area contributed by atoms with Crippen LogP contribution < -0.4 is 24.4 Å². The van der Waals surface area contributed by atoms with Gasteiger partial charge in [-0.05, 0) is 69.9 Å². The van der Waals surface area contributed by atoms with Gasteiger partial charge in [0.25, 0.3) is 5.56 Å². The molecule has 0 N–H and O–H groups in total. The largest absolute Gasteiger partial charge is 0.493 e. The van der Waals surface area contributed by atoms with Crippen molar-refractivity contribution in [2.75, 3.05) is 14.2 Å². The molecule has 0 radical (unpaired) electrons. The molecule has 2 heterocycles. The van der Waals surface area contributed by atoms with Gasteiger partial charge in [0.05, 0.1) is 40.5 Å². The zero-order chi connectivity index (χ0) is 28.4. The molecule has 0 saturated heterocycles. The first-order chi connectivity index (χ1) is 19.3. The van der Waals surface area contributed by atoms with Crippen molar-refractivity contribution in [1.29, 1.82) is 0 Å². The van der Waals surface area contributed by atoms with Crippen LogP contribution in [0.4, 0.5) is 0 Å². The molecule has 4 aromatic rings. The Labute approximate surface area is 247 Å². The van der Waals surface area contributed by atoms with Gasteiger partial charge in [-0.1, -0.05) is 65.4 Å². The Morgan fingerprint density at radius 2 is 1.85 bits per heavy atom. The minimum absolute atomic E-state index is 0.280. The molecule has 204 valence electrons. The number of carbonyl (C=O) groups excluding carboxylic acids is 1. The third kappa shape index (κ3) is 5.50. The van der Waals surface area contributed by atoms with E-state index in [1.165, 1.54) is 23.0 Å². The molecule has 0 amide bonds. The Kier molecular flexibility index (Phi) is 8.25. The molecule has 5 rings (SSSR count). The van der Waals surface area contributed by atoms with Crippen molar-refractivity contribution in [1.82, 2.24) is 4.57 Å². The Bertz CT molecular complexity index is 1800. The van der Waals surface area contributed by atoms with E-state index in [0.29, 0.717) is 48.2 Å². The number of benzene rings is 3. The number of hydrogen-bond acceptors (Lipinski definition) is 7. The molecule has 1 atom stereocenters. The summed E-state index contributed by atoms with van der Waals surface area (Å²) in [5.74, 6) is 0.536. The van der Waals surface area contributed by atoms with E-state index in [1.54, 1.807) is 44.4 Å². The summed E-state index contributed by atoms with van der Waals surface area (Å²) in [6, 6.07) is 19.8. The number of thiazole rings is 1. The fourth-order valence-electron chi connectivity index (χ4n) is 4.50. The molecule has 0 unspecified atom stereocenters. The fraction of sp³-hybridized carbons (Fsp3) is 0.167. The summed E-state index contributed by atoms with van der Waals surface area (Å²) < 4.78 is 19.4. The van der Waals surface area contributed by atoms with E-state index in [9.17, 15) is 9.59 Å². The van der Waals surface area contributed by atoms with E-state index in [4.69, 9.17) is 25.8 Å². The normalized spacial score (nSPS) is 14.9. The lowest BCUT2D eigenvalue weighted by atomic mass is 9.96. The summed E-state index contributed by atoms with van der Waals surface area (Å²) in [6.45, 7) is 2.11. The second kappa shape index (κ2) is 11.8. The fourth-order valence-corrected chi connectivity index (χ4v) is 6.24. The lowest BCUT2D eigenvalue weighted by Gasteiger charge is -2.24. The molecular weight excluding hydrogens is 616 g/mol. The Hall–Kier alpha value is -3.66. The second-order valence-electron chi connectivity index (χ2n) is 8.93. The molecule has 0 bridgehead atoms. The van der Waals surface area contributed by atoms with E-state index >= 15 is 0 Å². The van der Waals surface area contributed by atoms with Gasteiger partial charge < -0.3 is 14.2 Å². The van der Waals surface area contributed by atoms with Crippen molar-refractivity contribution in [3.8, 4) is 11.5 Å². The highest BCUT2D eigenvalue weighted by Gasteiger charge is 2.33. The SMILES string of the molecule is COC(=O)C1=C(C)N=c2s/c(=C\c3cc(Br)c(OCc4ccccc4)c(OC)c3)c(=O)n2[C@H]1c1ccc(Cl)cc1. The van der Waals surface area contributed by atoms with Crippen LogP contribution in [0.1, 0.15) is 29.7 Å². The molecule has 0 aliphatic carbocycles. The summed E-state index contributed by atoms with van der Waals surface area (Å²) >= 11 is 11.0. The molecule has 0 fully saturated rings. The van der Waals surface area contributed by atoms with Crippen LogP contribution in [0.3, 0.4) is 0 Å². The molecule has 3 aromatic carbocycles. The summed E-state index contributed by atoms with van der Waals surface area (Å²) in [4.78, 5) is 31.7. The van der Waals surface area contributed by atoms with E-state index in [1.807, 2.05) is 42.5 Å². The monoisotopic (exact) mass is 638 g/mol. The predicted molar refractivity (Wildman–Crippen MR) is 159 cm³/mol. The van der Waals surface area contributed by atoms with E-state index in [0.717, 1.165) is 16.7 Å². The summed E-state index contributed by atoms with van der Waals surface area (Å²) in [7, 11) is 2.88. The molecule has 0 spiro atoms. The zero-order valence-corrected chi connectivity index (χ0v) is 25.0. The lowest BCUT2D eigenvalue weighted by Crippen LogP contribution is -2.39. The van der Waals surface area contributed by atoms with Gasteiger partial charge in [-0.2, -0.15) is 0 Å². The quantitative estimate of drug-likeness (QED) is 0.253. The first-order valence-electron chi connectivity index (χ1n) is 12.2. The van der Waals surface area contributed by atoms with Gasteiger partial charge in [-0.15, -0.1) is 0 Å². The number of nitrogens with zero attached hydrogens (tertiary/aromatic N) is 2. The van der Waals surface area contributed by atoms with Gasteiger partial charge in [-0.25, -0.2) is 9.79 Å². The van der Waals surface area contributed by atoms with Gasteiger partial charge in [0.1, 0.15) is 6.61 Å². The number of rotatable bonds is 7. The molecular formula is C30H24BrClN2O5S. The lowest BCUT2D eigenvalue weighted by molar-refractivity contribution is -0.136. The smallest absolute Gasteiger partial charge is 0.338 e. The van der Waals surface area contributed by atoms with E-state index < -0.39 is 12.0 Å². The number of ether oxygens (including phenoxy) is 3. The van der Waals surface area contributed by atoms with Gasteiger partial charge in [0.15, 0.2) is 16.3 Å². The van der Waals surface area contributed by atoms with Crippen LogP contribution in [0, 0.1) is 0 Å². The maximum atomic E-state index is 13.8. The van der Waals surface area contributed by atoms with Gasteiger partial charge in [0, 0.05) is 5.02 Å². The first-order valence-corrected chi connectivity index (χ1v) is 14.2. The van der Waals surface area contributed by atoms with Crippen molar-refractivity contribution in [3.63, 3.8) is 0 Å². The number of methoxy groups -OCH3 is 2. The van der Waals surface area contributed by atoms with Gasteiger partial charge in [-0.3, -0.25) is 9.36 Å². The minimum Gasteiger partial charge on any atom is -0.493 e. The Morgan fingerprint density at radius 3 is 2.52 bits per heavy atom. The topological polar surface area (TPSA) is 79.1 Å². The number of aromatic nitrogens is 1. The van der Waals surface area contributed by atoms with E-state index in [2.05, 4.69) is 20.9 Å². The van der Waals surface area contributed by atoms with Gasteiger partial charge in [0.2, 0.25) is 0 Å². The van der Waals surface area contributed by atoms with Crippen molar-refractivity contribution < 1.29 is 19.0 Å². The van der Waals surface area contributed by atoms with Crippen LogP contribution in [0.5, 0.6) is 11.5 Å². The number of allylic oxidation sites excluding steroid dienone is 1. The number of esters is 1. The van der Waals surface area contributed by atoms with Crippen LogP contribution in [0.25, 0.3) is 6.08 Å². The van der Waals surface area contributed by atoms with Crippen LogP contribution in [-0.4, -0.2) is 24.8 Å². The Morgan fingerprint density at radius 1 is 1.12 bits per heavy atom. The van der Waals surface area contributed by atoms with Crippen LogP contribution >= 0.6 is 38.9 Å². The average Bonchev–Trinajstić information content (AvgIpc) is 3.25. The second-order valence-corrected chi connectivity index (χ2v) is 11.2. The molecule has 1 aliphatic rings. The Balaban J connectivity index is 1.59. The highest BCUT2D eigenvalue weighted by atomic mass is 79.9. The summed E-state index contributed by atoms with van der Waals surface area (Å²) in [5, 5.41) is 0.548. The standard InChI is InChI=1S/C30H24BrClN2O5S/c1-17-25(29(36)38-3)26(20-9-11-21(32)12-10-20)34-28(35)24(40-30(34)33-17)15-19-13-22(31)27(23(14-19)37-2)39-16-18-7-5-4-6-8-18/h4-15,26H,16H2,1-3H3/b24-15-/t26-/m0/s1. The minimum atomic E-state index is -0.710. The molecule has 40 heavy (non-hydrogen) atoms. The maximum absolute atomic E-state index is 13.8. The molecule has 0 saturated carbocycles. The molecule has 10 heteroatoms. The highest BCUT2D eigenvalue weighted by molar-refractivity contribution is 9.10. The van der Waals surface area contributed by atoms with Crippen molar-refractivity contribution in [2.45, 2.75) is 19.6 Å². The van der Waals surface area contributed by atoms with Crippen molar-refractivity contribution in [3.05, 3.63) is 124 Å². The summed E-state index contributed by atoms with van der Waals surface area (Å²) in [5.41, 5.74) is 2.98. The molecule has 1 aromatic heterocycles. The van der Waals surface area contributed by atoms with E-state index in [-0.39, 0.29) is 5.56 Å². The third-order valence-corrected chi connectivity index (χ3v) is 8.21. The molecule has 1 aliphatic heterocycles. The van der Waals surface area contributed by atoms with Crippen molar-refractivity contribution >= 4 is 50.9 Å². The zero-order valence-electron chi connectivity index (χ0n) is 21.8. The number of hydrogen-bond donors (Lipinski definition) is 0. The van der Waals surface area contributed by atoms with Crippen LogP contribution in [0.15, 0.2) is 92.3 Å². The van der Waals surface area contributed by atoms with Crippen molar-refractivity contribution in [2.24, 2.45) is 4.99 Å². The van der Waals surface area contributed by atoms with Crippen LogP contribution in [-0.2, 0) is 16.1 Å². The maximum Gasteiger partial charge on any atom is 0.338 e. The van der Waals surface area contributed by atoms with Crippen LogP contribution in [0.2, 0.25) is 5.02 Å².